The molecule has 0 aliphatic heterocycles. The van der Waals surface area contributed by atoms with Gasteiger partial charge in [0.25, 0.3) is 5.91 Å². The number of nitrogens with two attached hydrogens (primary N) is 1. The molecule has 0 spiro atoms. The van der Waals surface area contributed by atoms with E-state index in [1.165, 1.54) is 11.4 Å². The van der Waals surface area contributed by atoms with Gasteiger partial charge in [0.05, 0.1) is 11.3 Å². The summed E-state index contributed by atoms with van der Waals surface area (Å²) in [6, 6.07) is 6.64. The highest BCUT2D eigenvalue weighted by Gasteiger charge is 2.11. The molecule has 1 aromatic carbocycles. The number of amides is 1. The van der Waals surface area contributed by atoms with Gasteiger partial charge in [-0.15, -0.1) is 5.10 Å². The molecule has 84 valence electrons. The third-order valence-electron chi connectivity index (χ3n) is 2.00. The summed E-state index contributed by atoms with van der Waals surface area (Å²) in [5, 5.41) is 16.6. The highest BCUT2D eigenvalue weighted by molar-refractivity contribution is 7.03. The van der Waals surface area contributed by atoms with Crippen molar-refractivity contribution in [2.45, 2.75) is 0 Å². The van der Waals surface area contributed by atoms with Gasteiger partial charge in [0, 0.05) is 11.1 Å². The van der Waals surface area contributed by atoms with Gasteiger partial charge >= 0.3 is 0 Å². The number of nitrogens with one attached hydrogen (secondary N) is 1. The first-order valence-corrected chi connectivity index (χ1v) is 5.42. The molecule has 0 bridgehead atoms. The Hall–Kier alpha value is -2.46. The first-order valence-electron chi connectivity index (χ1n) is 4.58. The van der Waals surface area contributed by atoms with E-state index in [2.05, 4.69) is 14.9 Å². The number of carbonyl (C=O) groups excluding carboxylic acids is 1. The first kappa shape index (κ1) is 11.0. The smallest absolute Gasteiger partial charge is 0.277 e. The predicted octanol–water partition coefficient (Wildman–Crippen LogP) is 1.24. The Morgan fingerprint density at radius 2 is 2.35 bits per heavy atom. The molecule has 17 heavy (non-hydrogen) atoms. The van der Waals surface area contributed by atoms with Crippen molar-refractivity contribution in [2.75, 3.05) is 11.1 Å². The summed E-state index contributed by atoms with van der Waals surface area (Å²) >= 11 is 1.08. The largest absolute Gasteiger partial charge is 0.399 e. The fourth-order valence-corrected chi connectivity index (χ4v) is 1.65. The van der Waals surface area contributed by atoms with Crippen LogP contribution in [0.1, 0.15) is 16.1 Å². The minimum absolute atomic E-state index is 0.218. The van der Waals surface area contributed by atoms with Crippen LogP contribution in [-0.2, 0) is 0 Å². The summed E-state index contributed by atoms with van der Waals surface area (Å²) in [7, 11) is 0. The van der Waals surface area contributed by atoms with Crippen molar-refractivity contribution in [3.05, 3.63) is 34.8 Å². The number of hydrogen-bond donors (Lipinski definition) is 2. The van der Waals surface area contributed by atoms with E-state index in [9.17, 15) is 4.79 Å². The number of benzene rings is 1. The van der Waals surface area contributed by atoms with Crippen molar-refractivity contribution in [3.63, 3.8) is 0 Å². The van der Waals surface area contributed by atoms with E-state index in [0.29, 0.717) is 16.9 Å². The monoisotopic (exact) mass is 245 g/mol. The molecule has 0 atom stereocenters. The molecule has 0 aliphatic carbocycles. The van der Waals surface area contributed by atoms with Crippen molar-refractivity contribution in [2.24, 2.45) is 0 Å². The Labute approximate surface area is 101 Å². The number of nitrogens with zero attached hydrogens (tertiary/aromatic N) is 3. The Morgan fingerprint density at radius 1 is 1.53 bits per heavy atom. The maximum atomic E-state index is 11.7. The second-order valence-corrected chi connectivity index (χ2v) is 3.77. The van der Waals surface area contributed by atoms with Crippen LogP contribution in [0.3, 0.4) is 0 Å². The molecule has 6 nitrogen and oxygen atoms in total. The lowest BCUT2D eigenvalue weighted by atomic mass is 10.1. The van der Waals surface area contributed by atoms with Gasteiger partial charge in [0.1, 0.15) is 6.07 Å². The number of anilines is 2. The zero-order valence-electron chi connectivity index (χ0n) is 8.54. The number of aromatic nitrogens is 2. The van der Waals surface area contributed by atoms with E-state index in [4.69, 9.17) is 11.0 Å². The minimum Gasteiger partial charge on any atom is -0.399 e. The maximum absolute atomic E-state index is 11.7. The lowest BCUT2D eigenvalue weighted by Gasteiger charge is -2.05. The summed E-state index contributed by atoms with van der Waals surface area (Å²) in [6.45, 7) is 0. The van der Waals surface area contributed by atoms with Crippen LogP contribution >= 0.6 is 11.5 Å². The molecule has 0 saturated heterocycles. The number of nitriles is 1. The summed E-state index contributed by atoms with van der Waals surface area (Å²) in [4.78, 5) is 11.7. The first-order chi connectivity index (χ1) is 8.20. The fourth-order valence-electron chi connectivity index (χ4n) is 1.21. The van der Waals surface area contributed by atoms with Crippen LogP contribution < -0.4 is 11.1 Å². The molecule has 7 heteroatoms. The van der Waals surface area contributed by atoms with Crippen LogP contribution in [0.25, 0.3) is 0 Å². The molecule has 2 rings (SSSR count). The van der Waals surface area contributed by atoms with E-state index < -0.39 is 5.91 Å². The summed E-state index contributed by atoms with van der Waals surface area (Å²) < 4.78 is 3.59. The predicted molar refractivity (Wildman–Crippen MR) is 63.4 cm³/mol. The average Bonchev–Trinajstić information content (AvgIpc) is 2.85. The molecular weight excluding hydrogens is 238 g/mol. The second kappa shape index (κ2) is 4.59. The van der Waals surface area contributed by atoms with Gasteiger partial charge in [-0.1, -0.05) is 4.49 Å². The lowest BCUT2D eigenvalue weighted by molar-refractivity contribution is 0.102. The van der Waals surface area contributed by atoms with E-state index in [-0.39, 0.29) is 5.69 Å². The molecule has 3 N–H and O–H groups in total. The summed E-state index contributed by atoms with van der Waals surface area (Å²) in [6.07, 6.45) is 0. The van der Waals surface area contributed by atoms with E-state index in [1.807, 2.05) is 6.07 Å². The molecule has 2 aromatic rings. The van der Waals surface area contributed by atoms with Crippen molar-refractivity contribution < 1.29 is 4.79 Å². The van der Waals surface area contributed by atoms with Gasteiger partial charge in [0.15, 0.2) is 5.69 Å². The van der Waals surface area contributed by atoms with Gasteiger partial charge in [-0.25, -0.2) is 0 Å². The third kappa shape index (κ3) is 2.38. The number of hydrogen-bond acceptors (Lipinski definition) is 6. The van der Waals surface area contributed by atoms with E-state index in [0.717, 1.165) is 11.5 Å². The molecule has 0 aliphatic rings. The zero-order valence-corrected chi connectivity index (χ0v) is 9.36. The topological polar surface area (TPSA) is 105 Å². The molecule has 1 aromatic heterocycles. The quantitative estimate of drug-likeness (QED) is 0.774. The molecule has 0 saturated carbocycles. The molecule has 1 heterocycles. The van der Waals surface area contributed by atoms with Gasteiger partial charge in [-0.2, -0.15) is 5.26 Å². The van der Waals surface area contributed by atoms with Crippen molar-refractivity contribution in [1.29, 1.82) is 5.26 Å². The molecular formula is C10H7N5OS. The van der Waals surface area contributed by atoms with Crippen LogP contribution in [-0.4, -0.2) is 15.5 Å². The van der Waals surface area contributed by atoms with Gasteiger partial charge < -0.3 is 11.1 Å². The van der Waals surface area contributed by atoms with Gasteiger partial charge in [0.2, 0.25) is 0 Å². The Balaban J connectivity index is 2.25. The standard InChI is InChI=1S/C10H7N5OS/c11-4-6-3-7(12)1-2-8(6)13-10(16)9-5-17-15-14-9/h1-3,5H,12H2,(H,13,16). The SMILES string of the molecule is N#Cc1cc(N)ccc1NC(=O)c1csnn1. The maximum Gasteiger partial charge on any atom is 0.277 e. The second-order valence-electron chi connectivity index (χ2n) is 3.16. The Morgan fingerprint density at radius 3 is 3.00 bits per heavy atom. The molecule has 0 fully saturated rings. The third-order valence-corrected chi connectivity index (χ3v) is 2.51. The summed E-state index contributed by atoms with van der Waals surface area (Å²) in [5.41, 5.74) is 6.94. The van der Waals surface area contributed by atoms with Crippen LogP contribution in [0.5, 0.6) is 0 Å². The molecule has 0 unspecified atom stereocenters. The van der Waals surface area contributed by atoms with Crippen LogP contribution in [0, 0.1) is 11.3 Å². The normalized spacial score (nSPS) is 9.59. The van der Waals surface area contributed by atoms with Crippen LogP contribution in [0.4, 0.5) is 11.4 Å². The zero-order chi connectivity index (χ0) is 12.3. The number of nitrogen functional groups attached to an aromatic ring is 1. The van der Waals surface area contributed by atoms with E-state index in [1.54, 1.807) is 12.1 Å². The molecule has 0 radical (unpaired) electrons. The highest BCUT2D eigenvalue weighted by Crippen LogP contribution is 2.18. The lowest BCUT2D eigenvalue weighted by Crippen LogP contribution is -2.13. The van der Waals surface area contributed by atoms with Crippen molar-refractivity contribution >= 4 is 28.8 Å². The highest BCUT2D eigenvalue weighted by atomic mass is 32.1. The van der Waals surface area contributed by atoms with Gasteiger partial charge in [-0.3, -0.25) is 4.79 Å². The van der Waals surface area contributed by atoms with Crippen molar-refractivity contribution in [1.82, 2.24) is 9.59 Å². The fraction of sp³-hybridized carbons (Fsp3) is 0. The average molecular weight is 245 g/mol. The van der Waals surface area contributed by atoms with E-state index >= 15 is 0 Å². The molecule has 1 amide bonds. The Kier molecular flexibility index (Phi) is 2.98. The Bertz CT molecular complexity index is 587. The number of rotatable bonds is 2. The number of carbonyl (C=O) groups is 1. The summed E-state index contributed by atoms with van der Waals surface area (Å²) in [5.74, 6) is -0.403. The minimum atomic E-state index is -0.403. The van der Waals surface area contributed by atoms with Crippen LogP contribution in [0.15, 0.2) is 23.6 Å². The van der Waals surface area contributed by atoms with Crippen molar-refractivity contribution in [3.8, 4) is 6.07 Å². The van der Waals surface area contributed by atoms with Gasteiger partial charge in [-0.05, 0) is 29.7 Å². The van der Waals surface area contributed by atoms with Crippen LogP contribution in [0.2, 0.25) is 0 Å².